The Hall–Kier alpha value is -2.24. The Morgan fingerprint density at radius 1 is 1.24 bits per heavy atom. The van der Waals surface area contributed by atoms with E-state index in [-0.39, 0.29) is 5.75 Å². The molecule has 2 aromatic rings. The van der Waals surface area contributed by atoms with E-state index in [0.717, 1.165) is 0 Å². The fraction of sp³-hybridized carbons (Fsp3) is 0.182. The molecule has 0 radical (unpaired) electrons. The lowest BCUT2D eigenvalue weighted by Crippen LogP contribution is -1.94. The summed E-state index contributed by atoms with van der Waals surface area (Å²) >= 11 is 0. The van der Waals surface area contributed by atoms with Gasteiger partial charge in [0.1, 0.15) is 11.6 Å². The number of nitrogens with zero attached hydrogens (tertiary/aromatic N) is 1. The number of aromatic amines is 1. The number of aromatic nitrogens is 2. The smallest absolute Gasteiger partial charge is 0.174 e. The van der Waals surface area contributed by atoms with Crippen LogP contribution in [0.25, 0.3) is 11.3 Å². The predicted molar refractivity (Wildman–Crippen MR) is 61.5 cm³/mol. The lowest BCUT2D eigenvalue weighted by molar-refractivity contribution is 0.375. The molecule has 0 saturated heterocycles. The van der Waals surface area contributed by atoms with Gasteiger partial charge in [0.15, 0.2) is 11.6 Å². The largest absolute Gasteiger partial charge is 0.497 e. The molecule has 1 aromatic heterocycles. The molecule has 0 spiro atoms. The number of methoxy groups -OCH3 is 2. The third kappa shape index (κ3) is 2.01. The molecule has 0 fully saturated rings. The van der Waals surface area contributed by atoms with E-state index in [2.05, 4.69) is 10.2 Å². The van der Waals surface area contributed by atoms with Gasteiger partial charge in [-0.05, 0) is 6.07 Å². The molecule has 2 rings (SSSR count). The Morgan fingerprint density at radius 2 is 2.00 bits per heavy atom. The summed E-state index contributed by atoms with van der Waals surface area (Å²) in [6.07, 6.45) is 0. The van der Waals surface area contributed by atoms with Crippen LogP contribution >= 0.6 is 0 Å². The second-order valence-electron chi connectivity index (χ2n) is 3.40. The lowest BCUT2D eigenvalue weighted by Gasteiger charge is -2.09. The highest BCUT2D eigenvalue weighted by atomic mass is 19.1. The van der Waals surface area contributed by atoms with Gasteiger partial charge in [-0.2, -0.15) is 5.10 Å². The van der Waals surface area contributed by atoms with Gasteiger partial charge in [0.25, 0.3) is 0 Å². The van der Waals surface area contributed by atoms with Crippen LogP contribution in [0.15, 0.2) is 18.2 Å². The monoisotopic (exact) mass is 237 g/mol. The average molecular weight is 237 g/mol. The van der Waals surface area contributed by atoms with Gasteiger partial charge < -0.3 is 15.2 Å². The quantitative estimate of drug-likeness (QED) is 0.853. The maximum atomic E-state index is 14.0. The molecule has 1 heterocycles. The standard InChI is InChI=1S/C11H12FN3O2/c1-16-6-3-7(8-5-10(13)15-14-8)11(12)9(4-6)17-2/h3-5H,1-2H3,(H3,13,14,15). The molecule has 5 nitrogen and oxygen atoms in total. The van der Waals surface area contributed by atoms with Crippen LogP contribution < -0.4 is 15.2 Å². The second kappa shape index (κ2) is 4.32. The van der Waals surface area contributed by atoms with Crippen LogP contribution in [0, 0.1) is 5.82 Å². The maximum absolute atomic E-state index is 14.0. The zero-order chi connectivity index (χ0) is 12.4. The number of halogens is 1. The minimum absolute atomic E-state index is 0.104. The predicted octanol–water partition coefficient (Wildman–Crippen LogP) is 1.82. The van der Waals surface area contributed by atoms with Crippen molar-refractivity contribution in [2.45, 2.75) is 0 Å². The molecule has 0 amide bonds. The number of ether oxygens (including phenoxy) is 2. The molecule has 0 unspecified atom stereocenters. The number of hydrogen-bond donors (Lipinski definition) is 2. The number of rotatable bonds is 3. The summed E-state index contributed by atoms with van der Waals surface area (Å²) in [5.41, 5.74) is 6.25. The van der Waals surface area contributed by atoms with E-state index in [1.54, 1.807) is 6.07 Å². The number of nitrogens with one attached hydrogen (secondary N) is 1. The lowest BCUT2D eigenvalue weighted by atomic mass is 10.1. The van der Waals surface area contributed by atoms with Crippen LogP contribution in [-0.2, 0) is 0 Å². The van der Waals surface area contributed by atoms with Gasteiger partial charge in [-0.25, -0.2) is 4.39 Å². The van der Waals surface area contributed by atoms with E-state index in [1.807, 2.05) is 0 Å². The Bertz CT molecular complexity index is 540. The van der Waals surface area contributed by atoms with Gasteiger partial charge in [-0.1, -0.05) is 0 Å². The third-order valence-corrected chi connectivity index (χ3v) is 2.36. The van der Waals surface area contributed by atoms with Crippen molar-refractivity contribution in [3.63, 3.8) is 0 Å². The van der Waals surface area contributed by atoms with E-state index in [0.29, 0.717) is 22.8 Å². The number of anilines is 1. The SMILES string of the molecule is COc1cc(OC)c(F)c(-c2cc(N)n[nH]2)c1. The molecule has 0 saturated carbocycles. The summed E-state index contributed by atoms with van der Waals surface area (Å²) in [5.74, 6) is 0.400. The molecular weight excluding hydrogens is 225 g/mol. The molecule has 0 aliphatic rings. The summed E-state index contributed by atoms with van der Waals surface area (Å²) < 4.78 is 24.0. The Balaban J connectivity index is 2.59. The van der Waals surface area contributed by atoms with Crippen LogP contribution in [-0.4, -0.2) is 24.4 Å². The van der Waals surface area contributed by atoms with Crippen molar-refractivity contribution in [3.05, 3.63) is 24.0 Å². The minimum atomic E-state index is -0.489. The summed E-state index contributed by atoms with van der Waals surface area (Å²) in [6.45, 7) is 0. The van der Waals surface area contributed by atoms with Crippen LogP contribution in [0.5, 0.6) is 11.5 Å². The van der Waals surface area contributed by atoms with Gasteiger partial charge in [-0.3, -0.25) is 5.10 Å². The van der Waals surface area contributed by atoms with E-state index in [1.165, 1.54) is 26.4 Å². The van der Waals surface area contributed by atoms with Gasteiger partial charge in [0.05, 0.1) is 19.9 Å². The molecule has 0 aliphatic heterocycles. The highest BCUT2D eigenvalue weighted by Gasteiger charge is 2.15. The average Bonchev–Trinajstić information content (AvgIpc) is 2.76. The normalized spacial score (nSPS) is 10.3. The van der Waals surface area contributed by atoms with Crippen molar-refractivity contribution in [2.75, 3.05) is 20.0 Å². The topological polar surface area (TPSA) is 73.2 Å². The highest BCUT2D eigenvalue weighted by molar-refractivity contribution is 5.67. The van der Waals surface area contributed by atoms with Crippen LogP contribution in [0.3, 0.4) is 0 Å². The molecule has 6 heteroatoms. The first-order valence-electron chi connectivity index (χ1n) is 4.88. The number of H-pyrrole nitrogens is 1. The molecule has 0 aliphatic carbocycles. The molecule has 1 aromatic carbocycles. The first-order valence-corrected chi connectivity index (χ1v) is 4.88. The van der Waals surface area contributed by atoms with E-state index in [9.17, 15) is 4.39 Å². The number of nitrogens with two attached hydrogens (primary N) is 1. The zero-order valence-corrected chi connectivity index (χ0v) is 9.45. The molecular formula is C11H12FN3O2. The highest BCUT2D eigenvalue weighted by Crippen LogP contribution is 2.33. The fourth-order valence-corrected chi connectivity index (χ4v) is 1.51. The first kappa shape index (κ1) is 11.3. The van der Waals surface area contributed by atoms with Crippen molar-refractivity contribution in [1.82, 2.24) is 10.2 Å². The summed E-state index contributed by atoms with van der Waals surface area (Å²) in [4.78, 5) is 0. The third-order valence-electron chi connectivity index (χ3n) is 2.36. The van der Waals surface area contributed by atoms with Gasteiger partial charge in [0.2, 0.25) is 0 Å². The zero-order valence-electron chi connectivity index (χ0n) is 9.45. The van der Waals surface area contributed by atoms with Crippen molar-refractivity contribution in [2.24, 2.45) is 0 Å². The van der Waals surface area contributed by atoms with Gasteiger partial charge in [-0.15, -0.1) is 0 Å². The molecule has 17 heavy (non-hydrogen) atoms. The Kier molecular flexibility index (Phi) is 2.86. The van der Waals surface area contributed by atoms with Crippen LogP contribution in [0.2, 0.25) is 0 Å². The van der Waals surface area contributed by atoms with Crippen molar-refractivity contribution in [1.29, 1.82) is 0 Å². The maximum Gasteiger partial charge on any atom is 0.174 e. The summed E-state index contributed by atoms with van der Waals surface area (Å²) in [7, 11) is 2.89. The van der Waals surface area contributed by atoms with E-state index in [4.69, 9.17) is 15.2 Å². The number of benzene rings is 1. The fourth-order valence-electron chi connectivity index (χ4n) is 1.51. The Morgan fingerprint density at radius 3 is 2.53 bits per heavy atom. The number of nitrogen functional groups attached to an aromatic ring is 1. The number of hydrogen-bond acceptors (Lipinski definition) is 4. The molecule has 3 N–H and O–H groups in total. The minimum Gasteiger partial charge on any atom is -0.497 e. The molecule has 0 bridgehead atoms. The van der Waals surface area contributed by atoms with Crippen LogP contribution in [0.4, 0.5) is 10.2 Å². The molecule has 90 valence electrons. The second-order valence-corrected chi connectivity index (χ2v) is 3.40. The Labute approximate surface area is 97.3 Å². The van der Waals surface area contributed by atoms with Crippen LogP contribution in [0.1, 0.15) is 0 Å². The summed E-state index contributed by atoms with van der Waals surface area (Å²) in [6, 6.07) is 4.56. The van der Waals surface area contributed by atoms with E-state index >= 15 is 0 Å². The van der Waals surface area contributed by atoms with Crippen molar-refractivity contribution in [3.8, 4) is 22.8 Å². The van der Waals surface area contributed by atoms with Gasteiger partial charge in [0, 0.05) is 17.7 Å². The molecule has 0 atom stereocenters. The van der Waals surface area contributed by atoms with Crippen molar-refractivity contribution >= 4 is 5.82 Å². The van der Waals surface area contributed by atoms with Gasteiger partial charge >= 0.3 is 0 Å². The first-order chi connectivity index (χ1) is 8.15. The summed E-state index contributed by atoms with van der Waals surface area (Å²) in [5, 5.41) is 6.39. The van der Waals surface area contributed by atoms with Crippen molar-refractivity contribution < 1.29 is 13.9 Å². The van der Waals surface area contributed by atoms with E-state index < -0.39 is 5.82 Å².